The van der Waals surface area contributed by atoms with Gasteiger partial charge in [0, 0.05) is 22.8 Å². The molecule has 3 nitrogen and oxygen atoms in total. The number of anilines is 1. The third-order valence-corrected chi connectivity index (χ3v) is 3.56. The number of aromatic nitrogens is 2. The molecule has 1 aromatic heterocycles. The molecule has 0 aliphatic rings. The van der Waals surface area contributed by atoms with Gasteiger partial charge in [0.1, 0.15) is 0 Å². The van der Waals surface area contributed by atoms with Crippen molar-refractivity contribution < 1.29 is 0 Å². The summed E-state index contributed by atoms with van der Waals surface area (Å²) >= 11 is 1.75. The van der Waals surface area contributed by atoms with E-state index in [4.69, 9.17) is 0 Å². The third kappa shape index (κ3) is 3.07. The molecule has 0 amide bonds. The Morgan fingerprint density at radius 1 is 1.28 bits per heavy atom. The Labute approximate surface area is 113 Å². The fourth-order valence-corrected chi connectivity index (χ4v) is 2.31. The summed E-state index contributed by atoms with van der Waals surface area (Å²) in [5.41, 5.74) is 2.24. The summed E-state index contributed by atoms with van der Waals surface area (Å²) < 4.78 is 1.98. The van der Waals surface area contributed by atoms with Crippen LogP contribution in [0.25, 0.3) is 0 Å². The maximum Gasteiger partial charge on any atom is 0.0815 e. The van der Waals surface area contributed by atoms with Crippen molar-refractivity contribution in [1.29, 1.82) is 0 Å². The number of hydrogen-bond acceptors (Lipinski definition) is 3. The van der Waals surface area contributed by atoms with Gasteiger partial charge in [0.25, 0.3) is 0 Å². The predicted octanol–water partition coefficient (Wildman–Crippen LogP) is 3.80. The normalized spacial score (nSPS) is 10.9. The van der Waals surface area contributed by atoms with Crippen LogP contribution in [0.3, 0.4) is 0 Å². The third-order valence-electron chi connectivity index (χ3n) is 2.76. The summed E-state index contributed by atoms with van der Waals surface area (Å²) in [7, 11) is 0. The largest absolute Gasteiger partial charge is 0.378 e. The van der Waals surface area contributed by atoms with Gasteiger partial charge >= 0.3 is 0 Å². The van der Waals surface area contributed by atoms with E-state index in [-0.39, 0.29) is 0 Å². The second kappa shape index (κ2) is 5.96. The van der Waals surface area contributed by atoms with Crippen LogP contribution < -0.4 is 5.32 Å². The second-order valence-corrected chi connectivity index (χ2v) is 5.28. The van der Waals surface area contributed by atoms with Crippen molar-refractivity contribution in [3.63, 3.8) is 0 Å². The first kappa shape index (κ1) is 13.0. The minimum absolute atomic E-state index is 0.414. The monoisotopic (exact) mass is 261 g/mol. The quantitative estimate of drug-likeness (QED) is 0.830. The van der Waals surface area contributed by atoms with E-state index in [1.54, 1.807) is 11.8 Å². The van der Waals surface area contributed by atoms with E-state index in [0.717, 1.165) is 12.2 Å². The molecule has 96 valence electrons. The Kier molecular flexibility index (Phi) is 4.31. The van der Waals surface area contributed by atoms with Gasteiger partial charge in [0.05, 0.1) is 12.2 Å². The van der Waals surface area contributed by atoms with Gasteiger partial charge in [-0.25, -0.2) is 0 Å². The summed E-state index contributed by atoms with van der Waals surface area (Å²) in [5, 5.41) is 7.96. The lowest BCUT2D eigenvalue weighted by molar-refractivity contribution is 0.527. The molecule has 0 bridgehead atoms. The van der Waals surface area contributed by atoms with Gasteiger partial charge in [-0.2, -0.15) is 5.10 Å². The van der Waals surface area contributed by atoms with Crippen LogP contribution in [0.4, 0.5) is 5.69 Å². The zero-order valence-corrected chi connectivity index (χ0v) is 11.9. The van der Waals surface area contributed by atoms with Crippen molar-refractivity contribution >= 4 is 17.4 Å². The molecular formula is C14H19N3S. The number of thioether (sulfide) groups is 1. The second-order valence-electron chi connectivity index (χ2n) is 4.43. The number of nitrogens with one attached hydrogen (secondary N) is 1. The predicted molar refractivity (Wildman–Crippen MR) is 78.2 cm³/mol. The minimum Gasteiger partial charge on any atom is -0.378 e. The molecule has 0 fully saturated rings. The molecule has 2 aromatic rings. The number of hydrogen-bond donors (Lipinski definition) is 1. The highest BCUT2D eigenvalue weighted by molar-refractivity contribution is 7.98. The van der Waals surface area contributed by atoms with Gasteiger partial charge in [-0.3, -0.25) is 4.68 Å². The van der Waals surface area contributed by atoms with Crippen LogP contribution in [-0.4, -0.2) is 16.0 Å². The summed E-state index contributed by atoms with van der Waals surface area (Å²) in [4.78, 5) is 1.26. The molecule has 0 aliphatic heterocycles. The molecule has 2 rings (SSSR count). The van der Waals surface area contributed by atoms with E-state index >= 15 is 0 Å². The zero-order valence-electron chi connectivity index (χ0n) is 11.1. The van der Waals surface area contributed by atoms with Crippen LogP contribution in [0.2, 0.25) is 0 Å². The molecule has 0 saturated heterocycles. The van der Waals surface area contributed by atoms with Crippen LogP contribution >= 0.6 is 11.8 Å². The average molecular weight is 261 g/mol. The van der Waals surface area contributed by atoms with E-state index in [2.05, 4.69) is 60.9 Å². The number of nitrogens with zero attached hydrogens (tertiary/aromatic N) is 2. The first-order valence-electron chi connectivity index (χ1n) is 6.11. The summed E-state index contributed by atoms with van der Waals surface area (Å²) in [6.45, 7) is 5.03. The zero-order chi connectivity index (χ0) is 13.0. The lowest BCUT2D eigenvalue weighted by Crippen LogP contribution is -2.05. The highest BCUT2D eigenvalue weighted by Gasteiger charge is 2.03. The maximum atomic E-state index is 4.53. The van der Waals surface area contributed by atoms with Crippen LogP contribution in [0.1, 0.15) is 25.6 Å². The van der Waals surface area contributed by atoms with E-state index in [1.165, 1.54) is 10.6 Å². The molecule has 18 heavy (non-hydrogen) atoms. The van der Waals surface area contributed by atoms with Gasteiger partial charge in [-0.15, -0.1) is 11.8 Å². The number of rotatable bonds is 5. The number of para-hydroxylation sites is 1. The molecule has 0 unspecified atom stereocenters. The summed E-state index contributed by atoms with van der Waals surface area (Å²) in [6, 6.07) is 10.8. The van der Waals surface area contributed by atoms with Crippen molar-refractivity contribution in [3.05, 3.63) is 42.2 Å². The van der Waals surface area contributed by atoms with E-state index in [1.807, 2.05) is 10.9 Å². The Bertz CT molecular complexity index is 505. The van der Waals surface area contributed by atoms with Crippen LogP contribution in [0.5, 0.6) is 0 Å². The molecule has 0 saturated carbocycles. The van der Waals surface area contributed by atoms with Crippen molar-refractivity contribution in [3.8, 4) is 0 Å². The molecule has 0 radical (unpaired) electrons. The Hall–Kier alpha value is -1.42. The molecule has 0 atom stereocenters. The molecule has 4 heteroatoms. The van der Waals surface area contributed by atoms with Crippen molar-refractivity contribution in [2.24, 2.45) is 0 Å². The highest BCUT2D eigenvalue weighted by Crippen LogP contribution is 2.24. The molecule has 0 spiro atoms. The van der Waals surface area contributed by atoms with Gasteiger partial charge in [-0.05, 0) is 38.3 Å². The molecule has 1 N–H and O–H groups in total. The lowest BCUT2D eigenvalue weighted by Gasteiger charge is -2.09. The average Bonchev–Trinajstić information content (AvgIpc) is 2.85. The smallest absolute Gasteiger partial charge is 0.0815 e. The van der Waals surface area contributed by atoms with Crippen LogP contribution in [-0.2, 0) is 6.54 Å². The van der Waals surface area contributed by atoms with Crippen molar-refractivity contribution in [2.45, 2.75) is 31.3 Å². The van der Waals surface area contributed by atoms with Crippen LogP contribution in [0, 0.1) is 0 Å². The first-order valence-corrected chi connectivity index (χ1v) is 7.34. The van der Waals surface area contributed by atoms with Gasteiger partial charge in [-0.1, -0.05) is 12.1 Å². The van der Waals surface area contributed by atoms with Gasteiger partial charge < -0.3 is 5.32 Å². The Morgan fingerprint density at radius 3 is 2.72 bits per heavy atom. The SMILES string of the molecule is CSc1ccccc1NCc1ccn(C(C)C)n1. The van der Waals surface area contributed by atoms with Gasteiger partial charge in [0.15, 0.2) is 0 Å². The van der Waals surface area contributed by atoms with Crippen molar-refractivity contribution in [1.82, 2.24) is 9.78 Å². The molecule has 1 heterocycles. The fourth-order valence-electron chi connectivity index (χ4n) is 1.74. The Balaban J connectivity index is 2.02. The standard InChI is InChI=1S/C14H19N3S/c1-11(2)17-9-8-12(16-17)10-15-13-6-4-5-7-14(13)18-3/h4-9,11,15H,10H2,1-3H3. The summed E-state index contributed by atoms with van der Waals surface area (Å²) in [5.74, 6) is 0. The molecule has 0 aliphatic carbocycles. The Morgan fingerprint density at radius 2 is 2.06 bits per heavy atom. The van der Waals surface area contributed by atoms with E-state index in [0.29, 0.717) is 6.04 Å². The van der Waals surface area contributed by atoms with Gasteiger partial charge in [0.2, 0.25) is 0 Å². The lowest BCUT2D eigenvalue weighted by atomic mass is 10.3. The highest BCUT2D eigenvalue weighted by atomic mass is 32.2. The maximum absolute atomic E-state index is 4.53. The van der Waals surface area contributed by atoms with Crippen LogP contribution in [0.15, 0.2) is 41.4 Å². The fraction of sp³-hybridized carbons (Fsp3) is 0.357. The summed E-state index contributed by atoms with van der Waals surface area (Å²) in [6.07, 6.45) is 4.12. The first-order chi connectivity index (χ1) is 8.70. The van der Waals surface area contributed by atoms with Crippen molar-refractivity contribution in [2.75, 3.05) is 11.6 Å². The topological polar surface area (TPSA) is 29.9 Å². The van der Waals surface area contributed by atoms with E-state index in [9.17, 15) is 0 Å². The minimum atomic E-state index is 0.414. The van der Waals surface area contributed by atoms with E-state index < -0.39 is 0 Å². The molecular weight excluding hydrogens is 242 g/mol. The number of benzene rings is 1. The molecule has 1 aromatic carbocycles.